The summed E-state index contributed by atoms with van der Waals surface area (Å²) in [4.78, 5) is 13.8. The van der Waals surface area contributed by atoms with Crippen LogP contribution in [0.1, 0.15) is 59.3 Å². The van der Waals surface area contributed by atoms with Gasteiger partial charge in [0.25, 0.3) is 0 Å². The molecule has 0 saturated heterocycles. The topological polar surface area (TPSA) is 89.2 Å². The normalized spacial score (nSPS) is 18.2. The second-order valence-electron chi connectivity index (χ2n) is 5.33. The van der Waals surface area contributed by atoms with Crippen molar-refractivity contribution in [3.63, 3.8) is 0 Å². The Kier molecular flexibility index (Phi) is 6.08. The van der Waals surface area contributed by atoms with Gasteiger partial charge in [-0.05, 0) is 20.3 Å². The molecule has 0 bridgehead atoms. The minimum absolute atomic E-state index is 0.196. The first-order chi connectivity index (χ1) is 8.97. The van der Waals surface area contributed by atoms with Crippen molar-refractivity contribution in [2.45, 2.75) is 65.0 Å². The molecule has 6 heteroatoms. The second-order valence-corrected chi connectivity index (χ2v) is 5.33. The van der Waals surface area contributed by atoms with Gasteiger partial charge in [0, 0.05) is 0 Å². The Morgan fingerprint density at radius 3 is 2.37 bits per heavy atom. The zero-order chi connectivity index (χ0) is 14.3. The monoisotopic (exact) mass is 269 g/mol. The highest BCUT2D eigenvalue weighted by Gasteiger charge is 2.32. The van der Waals surface area contributed by atoms with Crippen LogP contribution in [0.15, 0.2) is 9.98 Å². The predicted molar refractivity (Wildman–Crippen MR) is 78.5 cm³/mol. The van der Waals surface area contributed by atoms with E-state index in [0.29, 0.717) is 6.61 Å². The summed E-state index contributed by atoms with van der Waals surface area (Å²) >= 11 is 0. The maximum atomic E-state index is 5.82. The van der Waals surface area contributed by atoms with E-state index in [9.17, 15) is 0 Å². The molecule has 0 aromatic heterocycles. The fraction of sp³-hybridized carbons (Fsp3) is 0.846. The third kappa shape index (κ3) is 5.06. The van der Waals surface area contributed by atoms with Crippen LogP contribution in [0.3, 0.4) is 0 Å². The smallest absolute Gasteiger partial charge is 0.226 e. The van der Waals surface area contributed by atoms with E-state index >= 15 is 0 Å². The number of unbranched alkanes of at least 4 members (excludes halogenated alkanes) is 5. The van der Waals surface area contributed by atoms with E-state index in [-0.39, 0.29) is 11.9 Å². The summed E-state index contributed by atoms with van der Waals surface area (Å²) in [7, 11) is 0. The van der Waals surface area contributed by atoms with Gasteiger partial charge in [-0.3, -0.25) is 4.84 Å². The highest BCUT2D eigenvalue weighted by Crippen LogP contribution is 2.20. The number of hydrogen-bond donors (Lipinski definition) is 2. The van der Waals surface area contributed by atoms with Gasteiger partial charge >= 0.3 is 0 Å². The first-order valence-corrected chi connectivity index (χ1v) is 7.10. The predicted octanol–water partition coefficient (Wildman–Crippen LogP) is 1.96. The molecule has 0 fully saturated rings. The Morgan fingerprint density at radius 2 is 1.74 bits per heavy atom. The molecule has 1 rings (SSSR count). The van der Waals surface area contributed by atoms with Crippen molar-refractivity contribution in [1.29, 1.82) is 0 Å². The van der Waals surface area contributed by atoms with Crippen LogP contribution in [0.5, 0.6) is 0 Å². The van der Waals surface area contributed by atoms with Crippen LogP contribution in [0, 0.1) is 0 Å². The van der Waals surface area contributed by atoms with E-state index in [1.54, 1.807) is 0 Å². The summed E-state index contributed by atoms with van der Waals surface area (Å²) < 4.78 is 0. The molecule has 1 aliphatic heterocycles. The van der Waals surface area contributed by atoms with Gasteiger partial charge in [0.1, 0.15) is 0 Å². The fourth-order valence-electron chi connectivity index (χ4n) is 2.06. The van der Waals surface area contributed by atoms with Gasteiger partial charge in [-0.1, -0.05) is 39.0 Å². The van der Waals surface area contributed by atoms with Gasteiger partial charge in [0.2, 0.25) is 11.9 Å². The van der Waals surface area contributed by atoms with Crippen LogP contribution in [0.4, 0.5) is 0 Å². The van der Waals surface area contributed by atoms with Crippen molar-refractivity contribution in [3.8, 4) is 0 Å². The molecule has 1 aliphatic rings. The summed E-state index contributed by atoms with van der Waals surface area (Å²) in [5, 5.41) is 1.54. The zero-order valence-electron chi connectivity index (χ0n) is 12.4. The summed E-state index contributed by atoms with van der Waals surface area (Å²) in [6.45, 7) is 6.63. The van der Waals surface area contributed by atoms with E-state index in [1.807, 2.05) is 13.8 Å². The summed E-state index contributed by atoms with van der Waals surface area (Å²) in [6.07, 6.45) is 7.34. The first-order valence-electron chi connectivity index (χ1n) is 7.10. The van der Waals surface area contributed by atoms with E-state index in [0.717, 1.165) is 6.42 Å². The van der Waals surface area contributed by atoms with Gasteiger partial charge in [-0.15, -0.1) is 0 Å². The fourth-order valence-corrected chi connectivity index (χ4v) is 2.06. The third-order valence-corrected chi connectivity index (χ3v) is 3.04. The Labute approximate surface area is 115 Å². The van der Waals surface area contributed by atoms with Gasteiger partial charge in [0.15, 0.2) is 5.66 Å². The van der Waals surface area contributed by atoms with Crippen LogP contribution < -0.4 is 11.5 Å². The molecule has 1 heterocycles. The highest BCUT2D eigenvalue weighted by atomic mass is 16.7. The van der Waals surface area contributed by atoms with Gasteiger partial charge in [-0.25, -0.2) is 4.99 Å². The number of nitrogens with zero attached hydrogens (tertiary/aromatic N) is 3. The Bertz CT molecular complexity index is 338. The van der Waals surface area contributed by atoms with E-state index in [4.69, 9.17) is 16.3 Å². The molecule has 0 radical (unpaired) electrons. The van der Waals surface area contributed by atoms with E-state index in [2.05, 4.69) is 16.9 Å². The van der Waals surface area contributed by atoms with Crippen molar-refractivity contribution in [2.24, 2.45) is 21.5 Å². The molecule has 0 aromatic carbocycles. The lowest BCUT2D eigenvalue weighted by Crippen LogP contribution is -2.53. The summed E-state index contributed by atoms with van der Waals surface area (Å²) in [5.74, 6) is 0.463. The van der Waals surface area contributed by atoms with Crippen molar-refractivity contribution in [2.75, 3.05) is 6.61 Å². The van der Waals surface area contributed by atoms with Crippen LogP contribution in [0.25, 0.3) is 0 Å². The van der Waals surface area contributed by atoms with Gasteiger partial charge in [-0.2, -0.15) is 10.1 Å². The molecule has 0 saturated carbocycles. The number of nitrogens with two attached hydrogens (primary N) is 2. The highest BCUT2D eigenvalue weighted by molar-refractivity contribution is 5.95. The lowest BCUT2D eigenvalue weighted by molar-refractivity contribution is -0.157. The molecule has 0 atom stereocenters. The van der Waals surface area contributed by atoms with E-state index in [1.165, 1.54) is 37.2 Å². The average Bonchev–Trinajstić information content (AvgIpc) is 2.29. The first kappa shape index (κ1) is 15.8. The Balaban J connectivity index is 2.27. The molecule has 110 valence electrons. The lowest BCUT2D eigenvalue weighted by atomic mass is 10.1. The SMILES string of the molecule is CCCCCCCCON1C(N)=NC(N)=NC1(C)C. The largest absolute Gasteiger partial charge is 0.368 e. The number of hydroxylamine groups is 2. The third-order valence-electron chi connectivity index (χ3n) is 3.04. The minimum atomic E-state index is -0.599. The molecular formula is C13H27N5O. The summed E-state index contributed by atoms with van der Waals surface area (Å²) in [5.41, 5.74) is 10.8. The molecule has 0 unspecified atom stereocenters. The Morgan fingerprint density at radius 1 is 1.11 bits per heavy atom. The quantitative estimate of drug-likeness (QED) is 0.659. The standard InChI is InChI=1S/C13H27N5O/c1-4-5-6-7-8-9-10-19-18-12(15)16-11(14)17-13(18,2)3/h4-10H2,1-3H3,(H4,14,15,16,17). The summed E-state index contributed by atoms with van der Waals surface area (Å²) in [6, 6.07) is 0. The number of guanidine groups is 2. The lowest BCUT2D eigenvalue weighted by Gasteiger charge is -2.36. The minimum Gasteiger partial charge on any atom is -0.368 e. The molecule has 6 nitrogen and oxygen atoms in total. The van der Waals surface area contributed by atoms with E-state index < -0.39 is 5.66 Å². The van der Waals surface area contributed by atoms with Crippen molar-refractivity contribution < 1.29 is 4.84 Å². The van der Waals surface area contributed by atoms with Gasteiger partial charge in [0.05, 0.1) is 6.61 Å². The van der Waals surface area contributed by atoms with Gasteiger partial charge < -0.3 is 11.5 Å². The Hall–Kier alpha value is -1.30. The zero-order valence-corrected chi connectivity index (χ0v) is 12.4. The molecule has 0 aliphatic carbocycles. The average molecular weight is 269 g/mol. The van der Waals surface area contributed by atoms with Crippen molar-refractivity contribution in [1.82, 2.24) is 5.06 Å². The molecule has 19 heavy (non-hydrogen) atoms. The van der Waals surface area contributed by atoms with Crippen LogP contribution >= 0.6 is 0 Å². The van der Waals surface area contributed by atoms with Crippen LogP contribution in [-0.4, -0.2) is 29.3 Å². The molecule has 0 aromatic rings. The molecule has 0 spiro atoms. The molecule has 4 N–H and O–H groups in total. The number of aliphatic imine (C=N–C) groups is 2. The second kappa shape index (κ2) is 7.33. The van der Waals surface area contributed by atoms with Crippen LogP contribution in [0.2, 0.25) is 0 Å². The van der Waals surface area contributed by atoms with Crippen molar-refractivity contribution in [3.05, 3.63) is 0 Å². The van der Waals surface area contributed by atoms with Crippen molar-refractivity contribution >= 4 is 11.9 Å². The number of rotatable bonds is 8. The molecule has 0 amide bonds. The maximum absolute atomic E-state index is 5.82. The maximum Gasteiger partial charge on any atom is 0.226 e. The van der Waals surface area contributed by atoms with Crippen LogP contribution in [-0.2, 0) is 4.84 Å². The number of hydrogen-bond acceptors (Lipinski definition) is 6. The molecular weight excluding hydrogens is 242 g/mol.